The van der Waals surface area contributed by atoms with E-state index in [9.17, 15) is 4.79 Å². The second-order valence-corrected chi connectivity index (χ2v) is 12.4. The number of amides is 1. The van der Waals surface area contributed by atoms with Crippen LogP contribution in [0.3, 0.4) is 0 Å². The number of hydrazone groups is 1. The standard InChI is InChI=1S/C33H28ClN3OS/c1-33(2,3)26-14-8-21(9-15-26)18-30-31(38)35-32(39-30)37-29(23-12-16-27(34)17-13-23)20-28(36-37)25-11-10-22-6-4-5-7-24(22)19-25/h4-19,29H,20H2,1-3H3/b30-18-. The maximum absolute atomic E-state index is 13.0. The van der Waals surface area contributed by atoms with Crippen LogP contribution in [-0.4, -0.2) is 21.8 Å². The lowest BCUT2D eigenvalue weighted by Crippen LogP contribution is -2.23. The molecule has 0 spiro atoms. The molecular weight excluding hydrogens is 522 g/mol. The number of halogens is 1. The summed E-state index contributed by atoms with van der Waals surface area (Å²) in [4.78, 5) is 18.0. The number of carbonyl (C=O) groups excluding carboxylic acids is 1. The van der Waals surface area contributed by atoms with Gasteiger partial charge < -0.3 is 0 Å². The van der Waals surface area contributed by atoms with E-state index in [0.29, 0.717) is 21.5 Å². The second-order valence-electron chi connectivity index (χ2n) is 10.9. The van der Waals surface area contributed by atoms with E-state index in [2.05, 4.69) is 80.4 Å². The minimum absolute atomic E-state index is 0.0765. The van der Waals surface area contributed by atoms with Crippen LogP contribution in [0.15, 0.2) is 106 Å². The molecule has 4 aromatic carbocycles. The van der Waals surface area contributed by atoms with Crippen LogP contribution in [0, 0.1) is 0 Å². The molecule has 1 amide bonds. The second kappa shape index (κ2) is 10.1. The fourth-order valence-electron chi connectivity index (χ4n) is 4.90. The number of aliphatic imine (C=N–C) groups is 1. The Morgan fingerprint density at radius 3 is 2.36 bits per heavy atom. The van der Waals surface area contributed by atoms with Crippen LogP contribution < -0.4 is 0 Å². The molecule has 0 fully saturated rings. The summed E-state index contributed by atoms with van der Waals surface area (Å²) in [6.07, 6.45) is 2.61. The van der Waals surface area contributed by atoms with Gasteiger partial charge in [0, 0.05) is 11.4 Å². The first kappa shape index (κ1) is 25.6. The maximum Gasteiger partial charge on any atom is 0.286 e. The van der Waals surface area contributed by atoms with Gasteiger partial charge in [-0.15, -0.1) is 0 Å². The van der Waals surface area contributed by atoms with E-state index in [1.165, 1.54) is 28.1 Å². The smallest absolute Gasteiger partial charge is 0.266 e. The first-order valence-electron chi connectivity index (χ1n) is 13.0. The van der Waals surface area contributed by atoms with Gasteiger partial charge in [0.1, 0.15) is 0 Å². The molecule has 0 aromatic heterocycles. The fraction of sp³-hybridized carbons (Fsp3) is 0.182. The zero-order chi connectivity index (χ0) is 27.1. The Morgan fingerprint density at radius 1 is 0.923 bits per heavy atom. The van der Waals surface area contributed by atoms with Crippen LogP contribution in [0.2, 0.25) is 5.02 Å². The largest absolute Gasteiger partial charge is 0.286 e. The summed E-state index contributed by atoms with van der Waals surface area (Å²) in [6, 6.07) is 30.8. The first-order chi connectivity index (χ1) is 18.7. The summed E-state index contributed by atoms with van der Waals surface area (Å²) in [6.45, 7) is 6.57. The number of fused-ring (bicyclic) bond motifs is 1. The average Bonchev–Trinajstić information content (AvgIpc) is 3.52. The highest BCUT2D eigenvalue weighted by Gasteiger charge is 2.36. The molecule has 194 valence electrons. The monoisotopic (exact) mass is 549 g/mol. The predicted octanol–water partition coefficient (Wildman–Crippen LogP) is 8.61. The van der Waals surface area contributed by atoms with Crippen LogP contribution in [0.4, 0.5) is 0 Å². The molecule has 2 aliphatic rings. The molecule has 1 unspecified atom stereocenters. The average molecular weight is 550 g/mol. The normalized spacial score (nSPS) is 18.7. The van der Waals surface area contributed by atoms with Crippen LogP contribution in [0.1, 0.15) is 55.5 Å². The maximum atomic E-state index is 13.0. The number of thioether (sulfide) groups is 1. The van der Waals surface area contributed by atoms with Gasteiger partial charge in [-0.1, -0.05) is 105 Å². The summed E-state index contributed by atoms with van der Waals surface area (Å²) >= 11 is 7.57. The highest BCUT2D eigenvalue weighted by atomic mass is 35.5. The van der Waals surface area contributed by atoms with Gasteiger partial charge in [0.25, 0.3) is 5.91 Å². The molecule has 2 aliphatic heterocycles. The summed E-state index contributed by atoms with van der Waals surface area (Å²) in [5.74, 6) is -0.237. The van der Waals surface area contributed by atoms with Crippen molar-refractivity contribution >= 4 is 57.0 Å². The van der Waals surface area contributed by atoms with E-state index >= 15 is 0 Å². The third kappa shape index (κ3) is 5.29. The molecule has 0 aliphatic carbocycles. The molecule has 2 heterocycles. The Kier molecular flexibility index (Phi) is 6.66. The number of hydrogen-bond acceptors (Lipinski definition) is 4. The number of rotatable bonds is 3. The van der Waals surface area contributed by atoms with Crippen molar-refractivity contribution in [1.82, 2.24) is 5.01 Å². The van der Waals surface area contributed by atoms with Gasteiger partial charge in [-0.3, -0.25) is 4.79 Å². The Morgan fingerprint density at radius 2 is 1.64 bits per heavy atom. The van der Waals surface area contributed by atoms with E-state index in [0.717, 1.165) is 22.4 Å². The first-order valence-corrected chi connectivity index (χ1v) is 14.2. The third-order valence-electron chi connectivity index (χ3n) is 7.13. The highest BCUT2D eigenvalue weighted by molar-refractivity contribution is 8.18. The van der Waals surface area contributed by atoms with Gasteiger partial charge in [-0.25, -0.2) is 5.01 Å². The molecular formula is C33H28ClN3OS. The SMILES string of the molecule is CC(C)(C)c1ccc(/C=C2\SC(N3N=C(c4ccc5ccccc5c4)CC3c3ccc(Cl)cc3)=NC2=O)cc1. The predicted molar refractivity (Wildman–Crippen MR) is 164 cm³/mol. The zero-order valence-corrected chi connectivity index (χ0v) is 23.6. The van der Waals surface area contributed by atoms with Crippen molar-refractivity contribution in [1.29, 1.82) is 0 Å². The van der Waals surface area contributed by atoms with E-state index < -0.39 is 0 Å². The lowest BCUT2D eigenvalue weighted by molar-refractivity contribution is -0.113. The summed E-state index contributed by atoms with van der Waals surface area (Å²) in [7, 11) is 0. The van der Waals surface area contributed by atoms with Crippen molar-refractivity contribution in [3.8, 4) is 0 Å². The van der Waals surface area contributed by atoms with Crippen molar-refractivity contribution in [3.63, 3.8) is 0 Å². The zero-order valence-electron chi connectivity index (χ0n) is 22.1. The van der Waals surface area contributed by atoms with Crippen LogP contribution in [-0.2, 0) is 10.2 Å². The Labute approximate surface area is 238 Å². The number of carbonyl (C=O) groups is 1. The molecule has 0 saturated carbocycles. The van der Waals surface area contributed by atoms with Gasteiger partial charge >= 0.3 is 0 Å². The highest BCUT2D eigenvalue weighted by Crippen LogP contribution is 2.40. The third-order valence-corrected chi connectivity index (χ3v) is 8.35. The minimum Gasteiger partial charge on any atom is -0.266 e. The van der Waals surface area contributed by atoms with E-state index in [1.807, 2.05) is 47.5 Å². The number of hydrogen-bond donors (Lipinski definition) is 0. The van der Waals surface area contributed by atoms with Crippen molar-refractivity contribution in [2.75, 3.05) is 0 Å². The Balaban J connectivity index is 1.32. The van der Waals surface area contributed by atoms with Gasteiger partial charge in [0.2, 0.25) is 0 Å². The van der Waals surface area contributed by atoms with Crippen LogP contribution in [0.25, 0.3) is 16.8 Å². The van der Waals surface area contributed by atoms with Crippen molar-refractivity contribution in [3.05, 3.63) is 123 Å². The van der Waals surface area contributed by atoms with Crippen molar-refractivity contribution < 1.29 is 4.79 Å². The van der Waals surface area contributed by atoms with Crippen LogP contribution in [0.5, 0.6) is 0 Å². The summed E-state index contributed by atoms with van der Waals surface area (Å²) in [5, 5.41) is 10.6. The van der Waals surface area contributed by atoms with Crippen molar-refractivity contribution in [2.45, 2.75) is 38.6 Å². The van der Waals surface area contributed by atoms with Gasteiger partial charge in [-0.05, 0) is 74.5 Å². The number of benzene rings is 4. The van der Waals surface area contributed by atoms with Crippen molar-refractivity contribution in [2.24, 2.45) is 10.1 Å². The fourth-order valence-corrected chi connectivity index (χ4v) is 5.94. The lowest BCUT2D eigenvalue weighted by Gasteiger charge is -2.22. The minimum atomic E-state index is -0.237. The van der Waals surface area contributed by atoms with E-state index in [4.69, 9.17) is 16.7 Å². The Bertz CT molecular complexity index is 1660. The molecule has 6 heteroatoms. The van der Waals surface area contributed by atoms with Gasteiger partial charge in [0.15, 0.2) is 5.17 Å². The molecule has 1 atom stereocenters. The molecule has 6 rings (SSSR count). The molecule has 0 bridgehead atoms. The molecule has 4 nitrogen and oxygen atoms in total. The quantitative estimate of drug-likeness (QED) is 0.240. The molecule has 4 aromatic rings. The van der Waals surface area contributed by atoms with Gasteiger partial charge in [0.05, 0.1) is 16.7 Å². The van der Waals surface area contributed by atoms with E-state index in [1.54, 1.807) is 0 Å². The molecule has 0 radical (unpaired) electrons. The molecule has 0 saturated heterocycles. The number of nitrogens with zero attached hydrogens (tertiary/aromatic N) is 3. The van der Waals surface area contributed by atoms with Crippen LogP contribution >= 0.6 is 23.4 Å². The number of amidine groups is 1. The topological polar surface area (TPSA) is 45.0 Å². The Hall–Kier alpha value is -3.67. The lowest BCUT2D eigenvalue weighted by atomic mass is 9.87. The molecule has 0 N–H and O–H groups in total. The molecule has 39 heavy (non-hydrogen) atoms. The van der Waals surface area contributed by atoms with E-state index in [-0.39, 0.29) is 17.4 Å². The summed E-state index contributed by atoms with van der Waals surface area (Å²) in [5.41, 5.74) is 5.42. The summed E-state index contributed by atoms with van der Waals surface area (Å²) < 4.78 is 0. The van der Waals surface area contributed by atoms with Gasteiger partial charge in [-0.2, -0.15) is 10.1 Å².